The van der Waals surface area contributed by atoms with E-state index in [0.717, 1.165) is 11.9 Å². The number of nitrogens with zero attached hydrogens (tertiary/aromatic N) is 1. The average Bonchev–Trinajstić information content (AvgIpc) is 3.22. The number of nitrogen functional groups attached to an aromatic ring is 2. The molecular formula is C13H16F3N3O3. The number of anilines is 2. The van der Waals surface area contributed by atoms with Gasteiger partial charge in [0.05, 0.1) is 11.4 Å². The second kappa shape index (κ2) is 6.12. The first-order valence-corrected chi connectivity index (χ1v) is 6.18. The van der Waals surface area contributed by atoms with Crippen molar-refractivity contribution in [3.05, 3.63) is 23.8 Å². The van der Waals surface area contributed by atoms with Crippen molar-refractivity contribution in [3.8, 4) is 0 Å². The molecule has 0 bridgehead atoms. The van der Waals surface area contributed by atoms with E-state index in [1.165, 1.54) is 18.2 Å². The van der Waals surface area contributed by atoms with Gasteiger partial charge in [-0.05, 0) is 31.0 Å². The third kappa shape index (κ3) is 3.23. The largest absolute Gasteiger partial charge is 0.483 e. The Balaban J connectivity index is 0.000000745. The van der Waals surface area contributed by atoms with E-state index in [1.54, 1.807) is 0 Å². The van der Waals surface area contributed by atoms with Crippen molar-refractivity contribution in [1.29, 1.82) is 0 Å². The first kappa shape index (κ1) is 17.6. The van der Waals surface area contributed by atoms with Crippen LogP contribution in [-0.2, 0) is 4.79 Å². The van der Waals surface area contributed by atoms with Crippen LogP contribution >= 0.6 is 0 Å². The minimum Gasteiger partial charge on any atom is -0.483 e. The minimum atomic E-state index is -4.42. The summed E-state index contributed by atoms with van der Waals surface area (Å²) in [6.45, 7) is -0.250. The van der Waals surface area contributed by atoms with Gasteiger partial charge in [-0.15, -0.1) is 0 Å². The topological polar surface area (TPSA) is 110 Å². The highest BCUT2D eigenvalue weighted by molar-refractivity contribution is 5.96. The fourth-order valence-electron chi connectivity index (χ4n) is 2.02. The molecule has 1 aromatic carbocycles. The zero-order valence-electron chi connectivity index (χ0n) is 11.7. The van der Waals surface area contributed by atoms with E-state index >= 15 is 0 Å². The Labute approximate surface area is 124 Å². The summed E-state index contributed by atoms with van der Waals surface area (Å²) in [6, 6.07) is 4.07. The molecule has 2 rings (SSSR count). The number of carbonyl (C=O) groups excluding carboxylic acids is 1. The van der Waals surface area contributed by atoms with Crippen LogP contribution in [0.4, 0.5) is 24.5 Å². The van der Waals surface area contributed by atoms with E-state index in [9.17, 15) is 18.0 Å². The summed E-state index contributed by atoms with van der Waals surface area (Å²) < 4.78 is 38.8. The highest BCUT2D eigenvalue weighted by atomic mass is 19.4. The van der Waals surface area contributed by atoms with Crippen LogP contribution in [0.3, 0.4) is 0 Å². The zero-order chi connectivity index (χ0) is 17.1. The molecule has 0 spiro atoms. The van der Waals surface area contributed by atoms with E-state index in [0.29, 0.717) is 0 Å². The van der Waals surface area contributed by atoms with Crippen molar-refractivity contribution in [1.82, 2.24) is 4.90 Å². The Bertz CT molecular complexity index is 571. The number of benzene rings is 1. The molecule has 22 heavy (non-hydrogen) atoms. The number of nitrogens with two attached hydrogens (primary N) is 2. The van der Waals surface area contributed by atoms with Gasteiger partial charge < -0.3 is 21.5 Å². The summed E-state index contributed by atoms with van der Waals surface area (Å²) >= 11 is 0. The predicted molar refractivity (Wildman–Crippen MR) is 74.1 cm³/mol. The molecule has 0 radical (unpaired) electrons. The maximum absolute atomic E-state index is 12.9. The molecule has 122 valence electrons. The second-order valence-corrected chi connectivity index (χ2v) is 4.84. The van der Waals surface area contributed by atoms with Gasteiger partial charge >= 0.3 is 6.18 Å². The van der Waals surface area contributed by atoms with Gasteiger partial charge in [0, 0.05) is 12.6 Å². The van der Waals surface area contributed by atoms with Crippen LogP contribution < -0.4 is 11.5 Å². The standard InChI is InChI=1S/C12H14F3N3O.CH2O2/c1-18(11(4-5-11)12(13,14)15)10(19)7-2-3-8(16)9(17)6-7;2-1-3/h2-3,6H,4-5,16-17H2,1H3;1H,(H,2,3). The van der Waals surface area contributed by atoms with Crippen molar-refractivity contribution in [2.45, 2.75) is 24.6 Å². The van der Waals surface area contributed by atoms with Crippen LogP contribution in [0, 0.1) is 0 Å². The maximum Gasteiger partial charge on any atom is 0.411 e. The van der Waals surface area contributed by atoms with Crippen LogP contribution in [0.5, 0.6) is 0 Å². The molecule has 0 aromatic heterocycles. The van der Waals surface area contributed by atoms with Crippen molar-refractivity contribution < 1.29 is 27.9 Å². The Morgan fingerprint density at radius 2 is 1.82 bits per heavy atom. The van der Waals surface area contributed by atoms with E-state index in [4.69, 9.17) is 21.4 Å². The number of halogens is 3. The fraction of sp³-hybridized carbons (Fsp3) is 0.385. The number of hydrogen-bond donors (Lipinski definition) is 3. The van der Waals surface area contributed by atoms with Crippen molar-refractivity contribution in [2.24, 2.45) is 0 Å². The lowest BCUT2D eigenvalue weighted by Gasteiger charge is -2.30. The zero-order valence-corrected chi connectivity index (χ0v) is 11.7. The monoisotopic (exact) mass is 319 g/mol. The van der Waals surface area contributed by atoms with Gasteiger partial charge in [-0.2, -0.15) is 13.2 Å². The van der Waals surface area contributed by atoms with E-state index in [1.807, 2.05) is 0 Å². The molecule has 0 saturated heterocycles. The molecule has 5 N–H and O–H groups in total. The lowest BCUT2D eigenvalue weighted by molar-refractivity contribution is -0.185. The van der Waals surface area contributed by atoms with E-state index < -0.39 is 17.6 Å². The molecule has 1 fully saturated rings. The molecule has 1 aliphatic rings. The quantitative estimate of drug-likeness (QED) is 0.568. The van der Waals surface area contributed by atoms with Crippen LogP contribution in [0.1, 0.15) is 23.2 Å². The Morgan fingerprint density at radius 3 is 2.18 bits per heavy atom. The summed E-state index contributed by atoms with van der Waals surface area (Å²) in [5.41, 5.74) is 9.59. The van der Waals surface area contributed by atoms with E-state index in [2.05, 4.69) is 0 Å². The van der Waals surface area contributed by atoms with Gasteiger partial charge in [0.15, 0.2) is 0 Å². The number of rotatable bonds is 2. The SMILES string of the molecule is CN(C(=O)c1ccc(N)c(N)c1)C1(C(F)(F)F)CC1.O=CO. The summed E-state index contributed by atoms with van der Waals surface area (Å²) in [4.78, 5) is 21.2. The maximum atomic E-state index is 12.9. The molecule has 1 amide bonds. The summed E-state index contributed by atoms with van der Waals surface area (Å²) in [7, 11) is 1.16. The number of carboxylic acid groups (broad SMARTS) is 1. The van der Waals surface area contributed by atoms with Crippen LogP contribution in [0.15, 0.2) is 18.2 Å². The minimum absolute atomic E-state index is 0.0663. The number of amides is 1. The number of carbonyl (C=O) groups is 2. The van der Waals surface area contributed by atoms with Crippen molar-refractivity contribution in [2.75, 3.05) is 18.5 Å². The van der Waals surface area contributed by atoms with Gasteiger partial charge in [-0.3, -0.25) is 9.59 Å². The van der Waals surface area contributed by atoms with E-state index in [-0.39, 0.29) is 36.3 Å². The smallest absolute Gasteiger partial charge is 0.411 e. The Kier molecular flexibility index (Phi) is 4.90. The molecule has 0 atom stereocenters. The first-order valence-electron chi connectivity index (χ1n) is 6.18. The Morgan fingerprint density at radius 1 is 1.32 bits per heavy atom. The molecule has 0 heterocycles. The van der Waals surface area contributed by atoms with Gasteiger partial charge in [0.2, 0.25) is 0 Å². The third-order valence-electron chi connectivity index (χ3n) is 3.53. The van der Waals surface area contributed by atoms with Crippen molar-refractivity contribution >= 4 is 23.8 Å². The van der Waals surface area contributed by atoms with Crippen LogP contribution in [0.25, 0.3) is 0 Å². The van der Waals surface area contributed by atoms with Gasteiger partial charge in [0.25, 0.3) is 12.4 Å². The normalized spacial score (nSPS) is 15.3. The molecular weight excluding hydrogens is 303 g/mol. The lowest BCUT2D eigenvalue weighted by Crippen LogP contribution is -2.49. The van der Waals surface area contributed by atoms with Crippen LogP contribution in [0.2, 0.25) is 0 Å². The molecule has 0 aliphatic heterocycles. The molecule has 6 nitrogen and oxygen atoms in total. The summed E-state index contributed by atoms with van der Waals surface area (Å²) in [5.74, 6) is -0.707. The van der Waals surface area contributed by atoms with Gasteiger partial charge in [-0.1, -0.05) is 0 Å². The molecule has 1 aliphatic carbocycles. The number of alkyl halides is 3. The van der Waals surface area contributed by atoms with Gasteiger partial charge in [0.1, 0.15) is 5.54 Å². The third-order valence-corrected chi connectivity index (χ3v) is 3.53. The Hall–Kier alpha value is -2.45. The average molecular weight is 319 g/mol. The second-order valence-electron chi connectivity index (χ2n) is 4.84. The fourth-order valence-corrected chi connectivity index (χ4v) is 2.02. The molecule has 9 heteroatoms. The predicted octanol–water partition coefficient (Wildman–Crippen LogP) is 1.72. The molecule has 1 saturated carbocycles. The van der Waals surface area contributed by atoms with Crippen LogP contribution in [-0.4, -0.2) is 41.1 Å². The highest BCUT2D eigenvalue weighted by Gasteiger charge is 2.67. The summed E-state index contributed by atoms with van der Waals surface area (Å²) in [5, 5.41) is 6.89. The summed E-state index contributed by atoms with van der Waals surface area (Å²) in [6.07, 6.45) is -4.55. The lowest BCUT2D eigenvalue weighted by atomic mass is 10.1. The van der Waals surface area contributed by atoms with Gasteiger partial charge in [-0.25, -0.2) is 0 Å². The number of hydrogen-bond acceptors (Lipinski definition) is 4. The molecule has 1 aromatic rings. The van der Waals surface area contributed by atoms with Crippen molar-refractivity contribution in [3.63, 3.8) is 0 Å². The first-order chi connectivity index (χ1) is 10.1. The molecule has 0 unspecified atom stereocenters. The highest BCUT2D eigenvalue weighted by Crippen LogP contribution is 2.53.